The fourth-order valence-electron chi connectivity index (χ4n) is 5.55. The van der Waals surface area contributed by atoms with Gasteiger partial charge in [0.05, 0.1) is 11.1 Å². The fourth-order valence-corrected chi connectivity index (χ4v) is 5.55. The standard InChI is InChI=1S/C34H40N6O/c1-22(2)27-15-13-26(14-16-27)21-39(20-25-11-9-8-10-12-25)31(32-36-37-38-40(32)34(5,6)7)29-19-28-18-23(3)17-24(4)30(28)35-33(29)41/h8-19,22,31H,20-21H2,1-7H3,(H,35,41). The molecule has 0 aliphatic carbocycles. The molecular weight excluding hydrogens is 508 g/mol. The smallest absolute Gasteiger partial charge is 0.253 e. The lowest BCUT2D eigenvalue weighted by Gasteiger charge is -2.33. The van der Waals surface area contributed by atoms with Gasteiger partial charge in [-0.2, -0.15) is 0 Å². The normalized spacial score (nSPS) is 12.9. The number of H-pyrrole nitrogens is 1. The molecule has 2 heterocycles. The molecule has 0 saturated heterocycles. The maximum absolute atomic E-state index is 13.9. The van der Waals surface area contributed by atoms with Crippen molar-refractivity contribution in [1.29, 1.82) is 0 Å². The van der Waals surface area contributed by atoms with Crippen molar-refractivity contribution in [2.75, 3.05) is 0 Å². The van der Waals surface area contributed by atoms with E-state index < -0.39 is 6.04 Å². The molecule has 0 aliphatic heterocycles. The number of tetrazole rings is 1. The molecule has 0 amide bonds. The van der Waals surface area contributed by atoms with Crippen LogP contribution in [0.2, 0.25) is 0 Å². The van der Waals surface area contributed by atoms with Crippen molar-refractivity contribution in [1.82, 2.24) is 30.1 Å². The summed E-state index contributed by atoms with van der Waals surface area (Å²) >= 11 is 0. The second-order valence-corrected chi connectivity index (χ2v) is 12.4. The summed E-state index contributed by atoms with van der Waals surface area (Å²) in [4.78, 5) is 19.4. The largest absolute Gasteiger partial charge is 0.321 e. The monoisotopic (exact) mass is 548 g/mol. The Kier molecular flexibility index (Phi) is 7.91. The molecule has 1 atom stereocenters. The molecule has 3 aromatic carbocycles. The number of hydrogen-bond acceptors (Lipinski definition) is 5. The van der Waals surface area contributed by atoms with Crippen molar-refractivity contribution in [2.45, 2.75) is 79.1 Å². The first-order valence-corrected chi connectivity index (χ1v) is 14.3. The van der Waals surface area contributed by atoms with Crippen molar-refractivity contribution in [3.05, 3.63) is 122 Å². The minimum atomic E-state index is -0.497. The Bertz CT molecular complexity index is 1690. The molecule has 7 nitrogen and oxygen atoms in total. The zero-order chi connectivity index (χ0) is 29.3. The average molecular weight is 549 g/mol. The third-order valence-corrected chi connectivity index (χ3v) is 7.62. The Balaban J connectivity index is 1.72. The van der Waals surface area contributed by atoms with Gasteiger partial charge in [-0.1, -0.05) is 80.1 Å². The average Bonchev–Trinajstić information content (AvgIpc) is 3.41. The zero-order valence-electron chi connectivity index (χ0n) is 25.1. The van der Waals surface area contributed by atoms with E-state index in [4.69, 9.17) is 0 Å². The van der Waals surface area contributed by atoms with Crippen LogP contribution in [0.15, 0.2) is 77.6 Å². The van der Waals surface area contributed by atoms with E-state index in [1.807, 2.05) is 35.9 Å². The summed E-state index contributed by atoms with van der Waals surface area (Å²) in [6, 6.07) is 24.9. The van der Waals surface area contributed by atoms with Gasteiger partial charge in [0.15, 0.2) is 5.82 Å². The molecule has 0 fully saturated rings. The number of aromatic nitrogens is 5. The van der Waals surface area contributed by atoms with Gasteiger partial charge in [0.1, 0.15) is 6.04 Å². The number of nitrogens with one attached hydrogen (secondary N) is 1. The van der Waals surface area contributed by atoms with Gasteiger partial charge in [-0.05, 0) is 90.7 Å². The summed E-state index contributed by atoms with van der Waals surface area (Å²) in [5.41, 5.74) is 6.77. The number of benzene rings is 3. The van der Waals surface area contributed by atoms with Crippen LogP contribution in [0, 0.1) is 13.8 Å². The van der Waals surface area contributed by atoms with Gasteiger partial charge in [-0.25, -0.2) is 4.68 Å². The second kappa shape index (κ2) is 11.4. The lowest BCUT2D eigenvalue weighted by atomic mass is 9.98. The maximum atomic E-state index is 13.9. The van der Waals surface area contributed by atoms with E-state index in [0.29, 0.717) is 30.4 Å². The minimum absolute atomic E-state index is 0.133. The Morgan fingerprint density at radius 3 is 2.20 bits per heavy atom. The van der Waals surface area contributed by atoms with Crippen LogP contribution < -0.4 is 5.56 Å². The Morgan fingerprint density at radius 1 is 0.902 bits per heavy atom. The summed E-state index contributed by atoms with van der Waals surface area (Å²) in [5, 5.41) is 14.1. The maximum Gasteiger partial charge on any atom is 0.253 e. The summed E-state index contributed by atoms with van der Waals surface area (Å²) < 4.78 is 1.85. The van der Waals surface area contributed by atoms with Crippen LogP contribution in [0.5, 0.6) is 0 Å². The van der Waals surface area contributed by atoms with Crippen LogP contribution >= 0.6 is 0 Å². The summed E-state index contributed by atoms with van der Waals surface area (Å²) in [6.07, 6.45) is 0. The van der Waals surface area contributed by atoms with Crippen molar-refractivity contribution < 1.29 is 0 Å². The molecule has 0 radical (unpaired) electrons. The van der Waals surface area contributed by atoms with Crippen molar-refractivity contribution in [3.8, 4) is 0 Å². The highest BCUT2D eigenvalue weighted by atomic mass is 16.1. The number of fused-ring (bicyclic) bond motifs is 1. The number of aryl methyl sites for hydroxylation is 2. The molecule has 41 heavy (non-hydrogen) atoms. The minimum Gasteiger partial charge on any atom is -0.321 e. The van der Waals surface area contributed by atoms with E-state index in [9.17, 15) is 4.79 Å². The predicted molar refractivity (Wildman–Crippen MR) is 165 cm³/mol. The van der Waals surface area contributed by atoms with Crippen LogP contribution in [0.3, 0.4) is 0 Å². The zero-order valence-corrected chi connectivity index (χ0v) is 25.1. The molecule has 0 saturated carbocycles. The van der Waals surface area contributed by atoms with Crippen molar-refractivity contribution in [2.24, 2.45) is 0 Å². The lowest BCUT2D eigenvalue weighted by molar-refractivity contribution is 0.184. The third-order valence-electron chi connectivity index (χ3n) is 7.62. The Labute approximate surface area is 242 Å². The molecule has 1 unspecified atom stereocenters. The van der Waals surface area contributed by atoms with Crippen LogP contribution in [-0.4, -0.2) is 30.1 Å². The van der Waals surface area contributed by atoms with E-state index in [1.165, 1.54) is 5.56 Å². The van der Waals surface area contributed by atoms with Gasteiger partial charge in [-0.15, -0.1) is 5.10 Å². The highest BCUT2D eigenvalue weighted by Crippen LogP contribution is 2.32. The lowest BCUT2D eigenvalue weighted by Crippen LogP contribution is -2.37. The summed E-state index contributed by atoms with van der Waals surface area (Å²) in [5.74, 6) is 1.10. The van der Waals surface area contributed by atoms with Crippen molar-refractivity contribution >= 4 is 10.9 Å². The van der Waals surface area contributed by atoms with E-state index in [1.54, 1.807) is 0 Å². The van der Waals surface area contributed by atoms with Crippen LogP contribution in [0.1, 0.15) is 85.8 Å². The van der Waals surface area contributed by atoms with Crippen LogP contribution in [0.25, 0.3) is 10.9 Å². The van der Waals surface area contributed by atoms with E-state index in [-0.39, 0.29) is 11.1 Å². The first kappa shape index (κ1) is 28.4. The first-order valence-electron chi connectivity index (χ1n) is 14.3. The number of aromatic amines is 1. The highest BCUT2D eigenvalue weighted by Gasteiger charge is 2.33. The topological polar surface area (TPSA) is 79.7 Å². The van der Waals surface area contributed by atoms with Gasteiger partial charge in [0, 0.05) is 18.7 Å². The molecule has 5 aromatic rings. The molecule has 212 valence electrons. The Morgan fingerprint density at radius 2 is 1.56 bits per heavy atom. The predicted octanol–water partition coefficient (Wildman–Crippen LogP) is 6.80. The van der Waals surface area contributed by atoms with Crippen LogP contribution in [-0.2, 0) is 18.6 Å². The molecular formula is C34H40N6O. The molecule has 2 aromatic heterocycles. The van der Waals surface area contributed by atoms with Crippen LogP contribution in [0.4, 0.5) is 0 Å². The fraction of sp³-hybridized carbons (Fsp3) is 0.353. The first-order chi connectivity index (χ1) is 19.5. The summed E-state index contributed by atoms with van der Waals surface area (Å²) in [7, 11) is 0. The molecule has 0 aliphatic rings. The van der Waals surface area contributed by atoms with Gasteiger partial charge < -0.3 is 4.98 Å². The molecule has 1 N–H and O–H groups in total. The molecule has 0 bridgehead atoms. The third kappa shape index (κ3) is 6.15. The van der Waals surface area contributed by atoms with E-state index in [2.05, 4.69) is 115 Å². The number of rotatable bonds is 8. The van der Waals surface area contributed by atoms with Gasteiger partial charge >= 0.3 is 0 Å². The number of pyridine rings is 1. The SMILES string of the molecule is Cc1cc(C)c2[nH]c(=O)c(C(c3nnnn3C(C)(C)C)N(Cc3ccccc3)Cc3ccc(C(C)C)cc3)cc2c1. The van der Waals surface area contributed by atoms with E-state index >= 15 is 0 Å². The molecule has 5 rings (SSSR count). The van der Waals surface area contributed by atoms with Gasteiger partial charge in [0.25, 0.3) is 5.56 Å². The van der Waals surface area contributed by atoms with Gasteiger partial charge in [0.2, 0.25) is 0 Å². The van der Waals surface area contributed by atoms with Gasteiger partial charge in [-0.3, -0.25) is 9.69 Å². The number of hydrogen-bond donors (Lipinski definition) is 1. The second-order valence-electron chi connectivity index (χ2n) is 12.4. The molecule has 0 spiro atoms. The number of nitrogens with zero attached hydrogens (tertiary/aromatic N) is 5. The quantitative estimate of drug-likeness (QED) is 0.231. The molecule has 7 heteroatoms. The Hall–Kier alpha value is -4.10. The summed E-state index contributed by atoms with van der Waals surface area (Å²) in [6.45, 7) is 16.0. The van der Waals surface area contributed by atoms with Crippen molar-refractivity contribution in [3.63, 3.8) is 0 Å². The highest BCUT2D eigenvalue weighted by molar-refractivity contribution is 5.83. The van der Waals surface area contributed by atoms with E-state index in [0.717, 1.165) is 33.2 Å².